The quantitative estimate of drug-likeness (QED) is 0.322. The van der Waals surface area contributed by atoms with Gasteiger partial charge in [-0.3, -0.25) is 14.6 Å². The van der Waals surface area contributed by atoms with Gasteiger partial charge in [-0.15, -0.1) is 0 Å². The highest BCUT2D eigenvalue weighted by atomic mass is 16.3. The number of nitrogens with one attached hydrogen (secondary N) is 1. The zero-order valence-corrected chi connectivity index (χ0v) is 20.8. The zero-order chi connectivity index (χ0) is 26.1. The number of benzene rings is 3. The number of anilines is 1. The maximum Gasteiger partial charge on any atom is 0.260 e. The van der Waals surface area contributed by atoms with Crippen LogP contribution in [0, 0.1) is 6.92 Å². The number of aromatic amines is 1. The first kappa shape index (κ1) is 22.9. The van der Waals surface area contributed by atoms with Crippen LogP contribution in [0.2, 0.25) is 0 Å². The fraction of sp³-hybridized carbons (Fsp3) is 0.167. The Hall–Kier alpha value is -4.49. The van der Waals surface area contributed by atoms with Crippen molar-refractivity contribution in [2.75, 3.05) is 4.90 Å². The summed E-state index contributed by atoms with van der Waals surface area (Å²) in [6.45, 7) is 5.97. The Balaban J connectivity index is 1.57. The van der Waals surface area contributed by atoms with E-state index in [9.17, 15) is 14.7 Å². The molecule has 4 N–H and O–H groups in total. The van der Waals surface area contributed by atoms with Crippen molar-refractivity contribution >= 4 is 39.3 Å². The molecule has 0 saturated carbocycles. The van der Waals surface area contributed by atoms with Gasteiger partial charge in [-0.25, -0.2) is 0 Å². The third kappa shape index (κ3) is 3.50. The lowest BCUT2D eigenvalue weighted by atomic mass is 9.92. The van der Waals surface area contributed by atoms with E-state index in [1.165, 1.54) is 0 Å². The molecule has 1 aliphatic rings. The van der Waals surface area contributed by atoms with Gasteiger partial charge in [0.25, 0.3) is 11.8 Å². The number of nitrogens with zero attached hydrogens (tertiary/aromatic N) is 2. The topological polar surface area (TPSA) is 112 Å². The van der Waals surface area contributed by atoms with Crippen LogP contribution >= 0.6 is 0 Å². The van der Waals surface area contributed by atoms with Crippen LogP contribution in [0.25, 0.3) is 32.9 Å². The molecule has 37 heavy (non-hydrogen) atoms. The number of amides is 2. The fourth-order valence-electron chi connectivity index (χ4n) is 5.37. The van der Waals surface area contributed by atoms with Gasteiger partial charge in [0.2, 0.25) is 0 Å². The number of aromatic nitrogens is 2. The van der Waals surface area contributed by atoms with Crippen molar-refractivity contribution in [3.05, 3.63) is 94.8 Å². The van der Waals surface area contributed by atoms with Gasteiger partial charge in [-0.2, -0.15) is 0 Å². The van der Waals surface area contributed by atoms with E-state index in [1.54, 1.807) is 37.2 Å². The average Bonchev–Trinajstić information content (AvgIpc) is 3.41. The summed E-state index contributed by atoms with van der Waals surface area (Å²) >= 11 is 0. The molecule has 0 unspecified atom stereocenters. The monoisotopic (exact) mass is 490 g/mol. The van der Waals surface area contributed by atoms with E-state index in [0.717, 1.165) is 49.8 Å². The molecular formula is C30H26N4O3. The van der Waals surface area contributed by atoms with Gasteiger partial charge in [0.05, 0.1) is 28.8 Å². The molecule has 5 aromatic rings. The molecule has 6 rings (SSSR count). The molecular weight excluding hydrogens is 464 g/mol. The first-order valence-corrected chi connectivity index (χ1v) is 12.1. The summed E-state index contributed by atoms with van der Waals surface area (Å²) in [5.74, 6) is -0.589. The summed E-state index contributed by atoms with van der Waals surface area (Å²) in [7, 11) is 0. The second-order valence-corrected chi connectivity index (χ2v) is 10.1. The van der Waals surface area contributed by atoms with Crippen LogP contribution in [0.15, 0.2) is 67.0 Å². The lowest BCUT2D eigenvalue weighted by Gasteiger charge is -2.21. The lowest BCUT2D eigenvalue weighted by molar-refractivity contribution is 0.0787. The van der Waals surface area contributed by atoms with Gasteiger partial charge >= 0.3 is 0 Å². The molecule has 184 valence electrons. The number of carbonyl (C=O) groups is 2. The standard InChI is InChI=1S/C30H26N4O3/c1-16-19(5-4-6-25(16)34-15-17-11-12-32-14-23(17)29(34)36)20-9-10-22(28(31)35)27-26(20)21-8-7-18(30(2,3)37)13-24(21)33-27/h4-14,33,37H,15H2,1-3H3,(H2,31,35). The van der Waals surface area contributed by atoms with Gasteiger partial charge in [0, 0.05) is 34.4 Å². The molecule has 0 spiro atoms. The Bertz CT molecular complexity index is 1760. The van der Waals surface area contributed by atoms with Crippen LogP contribution in [0.1, 0.15) is 51.3 Å². The second-order valence-electron chi connectivity index (χ2n) is 10.1. The summed E-state index contributed by atoms with van der Waals surface area (Å²) in [5.41, 5.74) is 12.6. The van der Waals surface area contributed by atoms with Crippen molar-refractivity contribution in [1.29, 1.82) is 0 Å². The number of hydrogen-bond donors (Lipinski definition) is 3. The largest absolute Gasteiger partial charge is 0.386 e. The molecule has 1 aliphatic heterocycles. The molecule has 2 amide bonds. The summed E-state index contributed by atoms with van der Waals surface area (Å²) < 4.78 is 0. The van der Waals surface area contributed by atoms with Crippen LogP contribution < -0.4 is 10.6 Å². The number of fused-ring (bicyclic) bond motifs is 4. The number of hydrogen-bond acceptors (Lipinski definition) is 4. The number of carbonyl (C=O) groups excluding carboxylic acids is 2. The molecule has 7 heteroatoms. The predicted octanol–water partition coefficient (Wildman–Crippen LogP) is 5.18. The van der Waals surface area contributed by atoms with E-state index in [1.807, 2.05) is 55.5 Å². The predicted molar refractivity (Wildman–Crippen MR) is 144 cm³/mol. The molecule has 0 radical (unpaired) electrons. The molecule has 7 nitrogen and oxygen atoms in total. The average molecular weight is 491 g/mol. The minimum absolute atomic E-state index is 0.0659. The van der Waals surface area contributed by atoms with Crippen molar-refractivity contribution in [1.82, 2.24) is 9.97 Å². The molecule has 3 heterocycles. The smallest absolute Gasteiger partial charge is 0.260 e. The van der Waals surface area contributed by atoms with E-state index in [0.29, 0.717) is 23.2 Å². The Morgan fingerprint density at radius 2 is 1.89 bits per heavy atom. The summed E-state index contributed by atoms with van der Waals surface area (Å²) in [5, 5.41) is 12.3. The third-order valence-electron chi connectivity index (χ3n) is 7.33. The van der Waals surface area contributed by atoms with Crippen molar-refractivity contribution in [2.45, 2.75) is 32.9 Å². The van der Waals surface area contributed by atoms with E-state index < -0.39 is 11.5 Å². The van der Waals surface area contributed by atoms with Crippen LogP contribution in [0.5, 0.6) is 0 Å². The summed E-state index contributed by atoms with van der Waals surface area (Å²) in [6.07, 6.45) is 3.33. The van der Waals surface area contributed by atoms with Gasteiger partial charge in [-0.1, -0.05) is 30.3 Å². The molecule has 3 aromatic carbocycles. The number of primary amides is 1. The molecule has 0 bridgehead atoms. The minimum Gasteiger partial charge on any atom is -0.386 e. The SMILES string of the molecule is Cc1c(-c2ccc(C(N)=O)c3[nH]c4cc(C(C)(C)O)ccc4c23)cccc1N1Cc2ccncc2C1=O. The van der Waals surface area contributed by atoms with E-state index in [-0.39, 0.29) is 5.91 Å². The highest BCUT2D eigenvalue weighted by molar-refractivity contribution is 6.20. The maximum atomic E-state index is 13.2. The van der Waals surface area contributed by atoms with Crippen molar-refractivity contribution in [2.24, 2.45) is 5.73 Å². The molecule has 0 saturated heterocycles. The number of nitrogens with two attached hydrogens (primary N) is 1. The Morgan fingerprint density at radius 3 is 2.62 bits per heavy atom. The van der Waals surface area contributed by atoms with Crippen LogP contribution in [-0.4, -0.2) is 26.9 Å². The number of H-pyrrole nitrogens is 1. The van der Waals surface area contributed by atoms with Gasteiger partial charge in [-0.05, 0) is 72.9 Å². The van der Waals surface area contributed by atoms with Crippen LogP contribution in [0.3, 0.4) is 0 Å². The first-order valence-electron chi connectivity index (χ1n) is 12.1. The Kier molecular flexibility index (Phi) is 4.97. The second kappa shape index (κ2) is 8.01. The molecule has 0 aliphatic carbocycles. The molecule has 0 atom stereocenters. The summed E-state index contributed by atoms with van der Waals surface area (Å²) in [6, 6.07) is 17.2. The highest BCUT2D eigenvalue weighted by Crippen LogP contribution is 2.41. The minimum atomic E-state index is -1.01. The van der Waals surface area contributed by atoms with Crippen molar-refractivity contribution in [3.8, 4) is 11.1 Å². The normalized spacial score (nSPS) is 13.5. The van der Waals surface area contributed by atoms with E-state index >= 15 is 0 Å². The number of pyridine rings is 1. The van der Waals surface area contributed by atoms with E-state index in [4.69, 9.17) is 5.73 Å². The number of rotatable bonds is 4. The van der Waals surface area contributed by atoms with E-state index in [2.05, 4.69) is 9.97 Å². The van der Waals surface area contributed by atoms with Crippen LogP contribution in [-0.2, 0) is 12.1 Å². The maximum absolute atomic E-state index is 13.2. The Labute approximate surface area is 213 Å². The number of aliphatic hydroxyl groups is 1. The Morgan fingerprint density at radius 1 is 1.08 bits per heavy atom. The molecule has 2 aromatic heterocycles. The fourth-order valence-corrected chi connectivity index (χ4v) is 5.37. The van der Waals surface area contributed by atoms with Crippen LogP contribution in [0.4, 0.5) is 5.69 Å². The highest BCUT2D eigenvalue weighted by Gasteiger charge is 2.30. The van der Waals surface area contributed by atoms with Gasteiger partial charge in [0.1, 0.15) is 0 Å². The van der Waals surface area contributed by atoms with Gasteiger partial charge < -0.3 is 20.7 Å². The summed E-state index contributed by atoms with van der Waals surface area (Å²) in [4.78, 5) is 34.8. The first-order chi connectivity index (χ1) is 17.6. The van der Waals surface area contributed by atoms with Gasteiger partial charge in [0.15, 0.2) is 0 Å². The van der Waals surface area contributed by atoms with Crippen molar-refractivity contribution in [3.63, 3.8) is 0 Å². The molecule has 0 fully saturated rings. The lowest BCUT2D eigenvalue weighted by Crippen LogP contribution is -2.24. The zero-order valence-electron chi connectivity index (χ0n) is 20.8. The van der Waals surface area contributed by atoms with Crippen molar-refractivity contribution < 1.29 is 14.7 Å². The third-order valence-corrected chi connectivity index (χ3v) is 7.33.